The third-order valence-corrected chi connectivity index (χ3v) is 7.19. The summed E-state index contributed by atoms with van der Waals surface area (Å²) in [7, 11) is 0. The number of carboxylic acids is 1. The molecule has 0 fully saturated rings. The summed E-state index contributed by atoms with van der Waals surface area (Å²) in [6, 6.07) is 0. The Kier molecular flexibility index (Phi) is 30.4. The number of carbonyl (C=O) groups excluding carboxylic acids is 1. The van der Waals surface area contributed by atoms with Crippen molar-refractivity contribution in [3.8, 4) is 0 Å². The van der Waals surface area contributed by atoms with Gasteiger partial charge in [-0.2, -0.15) is 0 Å². The van der Waals surface area contributed by atoms with Crippen LogP contribution in [0, 0.1) is 5.92 Å². The average molecular weight is 537 g/mol. The monoisotopic (exact) mass is 536 g/mol. The Morgan fingerprint density at radius 2 is 1.13 bits per heavy atom. The number of esters is 1. The molecule has 0 saturated heterocycles. The van der Waals surface area contributed by atoms with Crippen LogP contribution >= 0.6 is 0 Å². The van der Waals surface area contributed by atoms with Gasteiger partial charge in [0, 0.05) is 11.1 Å². The standard InChI is InChI=1S/C22H42O2.C12H22O2/c1-3-4-5-6-7-8-9-10-11-12-13-14-15-16-17-18-19-20-21(2)22(23)24;1-5-7-8-11(6-2)9-14-12(13)10(3)4/h20H,3-19H2,1-2H3,(H,23,24);11H,3,5-9H2,1-2,4H3. The van der Waals surface area contributed by atoms with Crippen molar-refractivity contribution in [1.82, 2.24) is 0 Å². The summed E-state index contributed by atoms with van der Waals surface area (Å²) >= 11 is 0. The molecule has 1 unspecified atom stereocenters. The van der Waals surface area contributed by atoms with Crippen LogP contribution in [0.2, 0.25) is 0 Å². The molecule has 0 heterocycles. The first-order valence-electron chi connectivity index (χ1n) is 16.0. The van der Waals surface area contributed by atoms with Crippen LogP contribution in [0.1, 0.15) is 169 Å². The summed E-state index contributed by atoms with van der Waals surface area (Å²) in [4.78, 5) is 21.7. The molecule has 224 valence electrons. The Hall–Kier alpha value is -1.58. The Morgan fingerprint density at radius 1 is 0.711 bits per heavy atom. The molecule has 4 heteroatoms. The predicted octanol–water partition coefficient (Wildman–Crippen LogP) is 11.0. The smallest absolute Gasteiger partial charge is 0.333 e. The highest BCUT2D eigenvalue weighted by atomic mass is 16.5. The lowest BCUT2D eigenvalue weighted by molar-refractivity contribution is -0.140. The molecule has 0 amide bonds. The Balaban J connectivity index is 0. The third-order valence-electron chi connectivity index (χ3n) is 7.19. The number of carbonyl (C=O) groups is 2. The van der Waals surface area contributed by atoms with Crippen molar-refractivity contribution in [3.05, 3.63) is 23.8 Å². The van der Waals surface area contributed by atoms with Crippen molar-refractivity contribution in [2.45, 2.75) is 169 Å². The van der Waals surface area contributed by atoms with Gasteiger partial charge >= 0.3 is 11.9 Å². The average Bonchev–Trinajstić information content (AvgIpc) is 2.90. The lowest BCUT2D eigenvalue weighted by Crippen LogP contribution is -2.14. The zero-order chi connectivity index (χ0) is 28.9. The van der Waals surface area contributed by atoms with E-state index in [4.69, 9.17) is 9.84 Å². The molecule has 4 nitrogen and oxygen atoms in total. The quantitative estimate of drug-likeness (QED) is 0.0716. The molecule has 0 spiro atoms. The molecule has 0 rings (SSSR count). The lowest BCUT2D eigenvalue weighted by Gasteiger charge is -2.14. The van der Waals surface area contributed by atoms with Crippen molar-refractivity contribution < 1.29 is 19.4 Å². The normalized spacial score (nSPS) is 12.0. The molecule has 0 aromatic carbocycles. The molecular weight excluding hydrogens is 472 g/mol. The first kappa shape index (κ1) is 38.6. The fourth-order valence-corrected chi connectivity index (χ4v) is 4.31. The van der Waals surface area contributed by atoms with E-state index in [2.05, 4.69) is 27.4 Å². The molecule has 38 heavy (non-hydrogen) atoms. The van der Waals surface area contributed by atoms with Crippen LogP contribution in [0.3, 0.4) is 0 Å². The third kappa shape index (κ3) is 29.0. The van der Waals surface area contributed by atoms with Crippen molar-refractivity contribution >= 4 is 11.9 Å². The second-order valence-electron chi connectivity index (χ2n) is 11.1. The van der Waals surface area contributed by atoms with Gasteiger partial charge < -0.3 is 9.84 Å². The van der Waals surface area contributed by atoms with E-state index in [9.17, 15) is 9.59 Å². The van der Waals surface area contributed by atoms with Crippen LogP contribution < -0.4 is 0 Å². The second-order valence-corrected chi connectivity index (χ2v) is 11.1. The molecule has 0 aliphatic carbocycles. The van der Waals surface area contributed by atoms with E-state index in [1.54, 1.807) is 13.8 Å². The van der Waals surface area contributed by atoms with E-state index in [0.717, 1.165) is 25.7 Å². The second kappa shape index (κ2) is 30.0. The van der Waals surface area contributed by atoms with Gasteiger partial charge in [-0.05, 0) is 39.0 Å². The maximum atomic E-state index is 11.1. The van der Waals surface area contributed by atoms with Gasteiger partial charge in [0.25, 0.3) is 0 Å². The summed E-state index contributed by atoms with van der Waals surface area (Å²) in [5.41, 5.74) is 0.964. The number of unbranched alkanes of at least 4 members (excludes halogenated alkanes) is 17. The SMILES string of the molecule is C=C(C)C(=O)OCC(CC)CCCC.CCCCCCCCCCCCCCCCCCC=C(C)C(=O)O. The van der Waals surface area contributed by atoms with E-state index < -0.39 is 5.97 Å². The topological polar surface area (TPSA) is 63.6 Å². The number of carboxylic acid groups (broad SMARTS) is 1. The molecule has 0 aromatic heterocycles. The van der Waals surface area contributed by atoms with Gasteiger partial charge in [0.2, 0.25) is 0 Å². The van der Waals surface area contributed by atoms with Crippen LogP contribution in [0.5, 0.6) is 0 Å². The highest BCUT2D eigenvalue weighted by molar-refractivity contribution is 5.87. The molecule has 0 radical (unpaired) electrons. The van der Waals surface area contributed by atoms with Gasteiger partial charge in [-0.15, -0.1) is 0 Å². The van der Waals surface area contributed by atoms with E-state index in [-0.39, 0.29) is 5.97 Å². The van der Waals surface area contributed by atoms with Gasteiger partial charge in [0.15, 0.2) is 0 Å². The van der Waals surface area contributed by atoms with E-state index in [0.29, 0.717) is 23.7 Å². The van der Waals surface area contributed by atoms with Crippen LogP contribution in [0.15, 0.2) is 23.8 Å². The molecule has 0 aliphatic rings. The maximum absolute atomic E-state index is 11.1. The fraction of sp³-hybridized carbons (Fsp3) is 0.824. The number of hydrogen-bond acceptors (Lipinski definition) is 3. The number of rotatable bonds is 25. The lowest BCUT2D eigenvalue weighted by atomic mass is 10.0. The predicted molar refractivity (Wildman–Crippen MR) is 165 cm³/mol. The minimum atomic E-state index is -0.786. The van der Waals surface area contributed by atoms with Gasteiger partial charge in [0.05, 0.1) is 6.61 Å². The summed E-state index contributed by atoms with van der Waals surface area (Å²) < 4.78 is 5.12. The van der Waals surface area contributed by atoms with Crippen molar-refractivity contribution in [2.75, 3.05) is 6.61 Å². The Labute approximate surface area is 237 Å². The van der Waals surface area contributed by atoms with Gasteiger partial charge in [-0.1, -0.05) is 149 Å². The molecule has 0 bridgehead atoms. The van der Waals surface area contributed by atoms with E-state index in [1.165, 1.54) is 109 Å². The van der Waals surface area contributed by atoms with Crippen LogP contribution in [-0.4, -0.2) is 23.7 Å². The number of hydrogen-bond donors (Lipinski definition) is 1. The van der Waals surface area contributed by atoms with Crippen LogP contribution in [-0.2, 0) is 14.3 Å². The Bertz CT molecular complexity index is 593. The number of ether oxygens (including phenoxy) is 1. The van der Waals surface area contributed by atoms with Crippen molar-refractivity contribution in [1.29, 1.82) is 0 Å². The summed E-state index contributed by atoms with van der Waals surface area (Å²) in [6.45, 7) is 14.0. The molecular formula is C34H64O4. The summed E-state index contributed by atoms with van der Waals surface area (Å²) in [5.74, 6) is -0.537. The molecule has 0 aliphatic heterocycles. The minimum absolute atomic E-state index is 0.264. The minimum Gasteiger partial charge on any atom is -0.478 e. The molecule has 1 atom stereocenters. The van der Waals surface area contributed by atoms with E-state index in [1.807, 2.05) is 6.08 Å². The van der Waals surface area contributed by atoms with Gasteiger partial charge in [0.1, 0.15) is 0 Å². The number of allylic oxidation sites excluding steroid dienone is 1. The van der Waals surface area contributed by atoms with E-state index >= 15 is 0 Å². The molecule has 1 N–H and O–H groups in total. The summed E-state index contributed by atoms with van der Waals surface area (Å²) in [6.07, 6.45) is 29.4. The zero-order valence-corrected chi connectivity index (χ0v) is 26.1. The van der Waals surface area contributed by atoms with Gasteiger partial charge in [-0.25, -0.2) is 9.59 Å². The molecule has 0 aromatic rings. The van der Waals surface area contributed by atoms with Crippen LogP contribution in [0.4, 0.5) is 0 Å². The highest BCUT2D eigenvalue weighted by Gasteiger charge is 2.09. The number of aliphatic carboxylic acids is 1. The van der Waals surface area contributed by atoms with Crippen LogP contribution in [0.25, 0.3) is 0 Å². The first-order chi connectivity index (χ1) is 18.3. The highest BCUT2D eigenvalue weighted by Crippen LogP contribution is 2.15. The zero-order valence-electron chi connectivity index (χ0n) is 26.1. The maximum Gasteiger partial charge on any atom is 0.333 e. The summed E-state index contributed by atoms with van der Waals surface area (Å²) in [5, 5.41) is 8.75. The van der Waals surface area contributed by atoms with Crippen molar-refractivity contribution in [2.24, 2.45) is 5.92 Å². The Morgan fingerprint density at radius 3 is 1.50 bits per heavy atom. The van der Waals surface area contributed by atoms with Crippen molar-refractivity contribution in [3.63, 3.8) is 0 Å². The largest absolute Gasteiger partial charge is 0.478 e. The van der Waals surface area contributed by atoms with Gasteiger partial charge in [-0.3, -0.25) is 0 Å². The fourth-order valence-electron chi connectivity index (χ4n) is 4.31. The first-order valence-corrected chi connectivity index (χ1v) is 16.0. The molecule has 0 saturated carbocycles.